The number of carbonyl (C=O) groups excluding carboxylic acids is 2. The molecule has 3 rings (SSSR count). The first-order chi connectivity index (χ1) is 12.1. The second-order valence-corrected chi connectivity index (χ2v) is 7.12. The van der Waals surface area contributed by atoms with E-state index >= 15 is 0 Å². The Labute approximate surface area is 149 Å². The fourth-order valence-corrected chi connectivity index (χ4v) is 3.59. The monoisotopic (exact) mass is 344 g/mol. The molecule has 6 heteroatoms. The molecule has 2 heterocycles. The van der Waals surface area contributed by atoms with Crippen LogP contribution in [-0.2, 0) is 4.79 Å². The number of carbonyl (C=O) groups is 2. The van der Waals surface area contributed by atoms with Crippen molar-refractivity contribution in [1.29, 1.82) is 0 Å². The summed E-state index contributed by atoms with van der Waals surface area (Å²) >= 11 is 0. The Bertz CT molecular complexity index is 613. The number of anilines is 1. The molecule has 2 saturated heterocycles. The zero-order valence-corrected chi connectivity index (χ0v) is 14.9. The Morgan fingerprint density at radius 1 is 1.20 bits per heavy atom. The lowest BCUT2D eigenvalue weighted by Crippen LogP contribution is -2.50. The van der Waals surface area contributed by atoms with Gasteiger partial charge in [0.25, 0.3) is 0 Å². The molecule has 2 aliphatic heterocycles. The number of piperidine rings is 2. The SMILES string of the molecule is Cc1cccc(NC(=O)N2CCCC(C(=O)NC3CCNCC3)C2)c1. The summed E-state index contributed by atoms with van der Waals surface area (Å²) in [5.74, 6) is -0.00755. The minimum absolute atomic E-state index is 0.0972. The first-order valence-corrected chi connectivity index (χ1v) is 9.25. The van der Waals surface area contributed by atoms with Crippen molar-refractivity contribution < 1.29 is 9.59 Å². The lowest BCUT2D eigenvalue weighted by atomic mass is 9.96. The van der Waals surface area contributed by atoms with E-state index in [9.17, 15) is 9.59 Å². The van der Waals surface area contributed by atoms with Crippen LogP contribution in [0, 0.1) is 12.8 Å². The van der Waals surface area contributed by atoms with Gasteiger partial charge in [-0.15, -0.1) is 0 Å². The number of likely N-dealkylation sites (tertiary alicyclic amines) is 1. The topological polar surface area (TPSA) is 73.5 Å². The molecule has 1 unspecified atom stereocenters. The highest BCUT2D eigenvalue weighted by Crippen LogP contribution is 2.19. The van der Waals surface area contributed by atoms with Crippen LogP contribution in [0.25, 0.3) is 0 Å². The van der Waals surface area contributed by atoms with Crippen molar-refractivity contribution in [3.8, 4) is 0 Å². The molecule has 0 saturated carbocycles. The van der Waals surface area contributed by atoms with Crippen LogP contribution in [0.15, 0.2) is 24.3 Å². The third-order valence-corrected chi connectivity index (χ3v) is 5.03. The third-order valence-electron chi connectivity index (χ3n) is 5.03. The summed E-state index contributed by atoms with van der Waals surface area (Å²) in [6, 6.07) is 7.91. The van der Waals surface area contributed by atoms with E-state index in [4.69, 9.17) is 0 Å². The van der Waals surface area contributed by atoms with Gasteiger partial charge in [-0.3, -0.25) is 4.79 Å². The maximum atomic E-state index is 12.5. The molecule has 3 N–H and O–H groups in total. The van der Waals surface area contributed by atoms with Gasteiger partial charge in [-0.1, -0.05) is 12.1 Å². The molecule has 0 spiro atoms. The number of benzene rings is 1. The number of nitrogens with one attached hydrogen (secondary N) is 3. The molecule has 2 aliphatic rings. The zero-order valence-electron chi connectivity index (χ0n) is 14.9. The Hall–Kier alpha value is -2.08. The van der Waals surface area contributed by atoms with Gasteiger partial charge >= 0.3 is 6.03 Å². The van der Waals surface area contributed by atoms with Crippen molar-refractivity contribution in [3.63, 3.8) is 0 Å². The molecule has 136 valence electrons. The Balaban J connectivity index is 1.53. The van der Waals surface area contributed by atoms with Crippen LogP contribution in [0.2, 0.25) is 0 Å². The van der Waals surface area contributed by atoms with E-state index in [1.807, 2.05) is 31.2 Å². The molecular weight excluding hydrogens is 316 g/mol. The van der Waals surface area contributed by atoms with Crippen molar-refractivity contribution in [3.05, 3.63) is 29.8 Å². The average molecular weight is 344 g/mol. The molecule has 0 bridgehead atoms. The normalized spacial score (nSPS) is 21.6. The minimum Gasteiger partial charge on any atom is -0.353 e. The van der Waals surface area contributed by atoms with E-state index in [1.165, 1.54) is 0 Å². The molecule has 2 fully saturated rings. The minimum atomic E-state index is -0.120. The van der Waals surface area contributed by atoms with Gasteiger partial charge in [0.05, 0.1) is 5.92 Å². The van der Waals surface area contributed by atoms with Gasteiger partial charge in [-0.25, -0.2) is 4.79 Å². The second-order valence-electron chi connectivity index (χ2n) is 7.12. The molecule has 1 aromatic carbocycles. The number of aryl methyl sites for hydroxylation is 1. The summed E-state index contributed by atoms with van der Waals surface area (Å²) in [5, 5.41) is 9.41. The number of urea groups is 1. The van der Waals surface area contributed by atoms with E-state index in [1.54, 1.807) is 4.90 Å². The predicted octanol–water partition coefficient (Wildman–Crippen LogP) is 2.11. The number of rotatable bonds is 3. The number of hydrogen-bond donors (Lipinski definition) is 3. The summed E-state index contributed by atoms with van der Waals surface area (Å²) in [6.45, 7) is 5.11. The fraction of sp³-hybridized carbons (Fsp3) is 0.579. The number of nitrogens with zero attached hydrogens (tertiary/aromatic N) is 1. The summed E-state index contributed by atoms with van der Waals surface area (Å²) in [6.07, 6.45) is 3.68. The van der Waals surface area contributed by atoms with Crippen LogP contribution in [0.5, 0.6) is 0 Å². The summed E-state index contributed by atoms with van der Waals surface area (Å²) in [5.41, 5.74) is 1.90. The van der Waals surface area contributed by atoms with Gasteiger partial charge in [-0.05, 0) is 63.4 Å². The number of hydrogen-bond acceptors (Lipinski definition) is 3. The van der Waals surface area contributed by atoms with Gasteiger partial charge < -0.3 is 20.9 Å². The molecular formula is C19H28N4O2. The van der Waals surface area contributed by atoms with E-state index in [0.29, 0.717) is 13.1 Å². The van der Waals surface area contributed by atoms with Crippen molar-refractivity contribution in [1.82, 2.24) is 15.5 Å². The average Bonchev–Trinajstić information content (AvgIpc) is 2.62. The molecule has 25 heavy (non-hydrogen) atoms. The lowest BCUT2D eigenvalue weighted by molar-refractivity contribution is -0.127. The fourth-order valence-electron chi connectivity index (χ4n) is 3.59. The van der Waals surface area contributed by atoms with Crippen LogP contribution in [0.4, 0.5) is 10.5 Å². The first kappa shape index (κ1) is 17.7. The van der Waals surface area contributed by atoms with Crippen molar-refractivity contribution in [2.45, 2.75) is 38.6 Å². The quantitative estimate of drug-likeness (QED) is 0.786. The standard InChI is InChI=1S/C19H28N4O2/c1-14-4-2-6-17(12-14)22-19(25)23-11-3-5-15(13-23)18(24)21-16-7-9-20-10-8-16/h2,4,6,12,15-16,20H,3,5,7-11,13H2,1H3,(H,21,24)(H,22,25). The Kier molecular flexibility index (Phi) is 5.91. The molecule has 1 atom stereocenters. The van der Waals surface area contributed by atoms with Crippen molar-refractivity contribution >= 4 is 17.6 Å². The van der Waals surface area contributed by atoms with Crippen molar-refractivity contribution in [2.75, 3.05) is 31.5 Å². The van der Waals surface area contributed by atoms with E-state index in [-0.39, 0.29) is 23.9 Å². The van der Waals surface area contributed by atoms with Crippen LogP contribution in [0.3, 0.4) is 0 Å². The van der Waals surface area contributed by atoms with E-state index in [0.717, 1.165) is 50.0 Å². The molecule has 3 amide bonds. The van der Waals surface area contributed by atoms with Gasteiger partial charge in [0.2, 0.25) is 5.91 Å². The smallest absolute Gasteiger partial charge is 0.321 e. The third kappa shape index (κ3) is 4.95. The Morgan fingerprint density at radius 3 is 2.76 bits per heavy atom. The van der Waals surface area contributed by atoms with Crippen molar-refractivity contribution in [2.24, 2.45) is 5.92 Å². The molecule has 0 aromatic heterocycles. The molecule has 6 nitrogen and oxygen atoms in total. The Morgan fingerprint density at radius 2 is 2.00 bits per heavy atom. The maximum absolute atomic E-state index is 12.5. The van der Waals surface area contributed by atoms with Crippen LogP contribution < -0.4 is 16.0 Å². The van der Waals surface area contributed by atoms with Crippen LogP contribution in [0.1, 0.15) is 31.2 Å². The van der Waals surface area contributed by atoms with Gasteiger partial charge in [0.1, 0.15) is 0 Å². The van der Waals surface area contributed by atoms with Gasteiger partial charge in [0, 0.05) is 24.8 Å². The highest BCUT2D eigenvalue weighted by Gasteiger charge is 2.29. The molecule has 1 aromatic rings. The predicted molar refractivity (Wildman–Crippen MR) is 98.5 cm³/mol. The summed E-state index contributed by atoms with van der Waals surface area (Å²) < 4.78 is 0. The summed E-state index contributed by atoms with van der Waals surface area (Å²) in [4.78, 5) is 26.8. The highest BCUT2D eigenvalue weighted by molar-refractivity contribution is 5.90. The van der Waals surface area contributed by atoms with Crippen LogP contribution in [-0.4, -0.2) is 49.1 Å². The summed E-state index contributed by atoms with van der Waals surface area (Å²) in [7, 11) is 0. The zero-order chi connectivity index (χ0) is 17.6. The largest absolute Gasteiger partial charge is 0.353 e. The van der Waals surface area contributed by atoms with E-state index < -0.39 is 0 Å². The maximum Gasteiger partial charge on any atom is 0.321 e. The van der Waals surface area contributed by atoms with Crippen LogP contribution >= 0.6 is 0 Å². The molecule has 0 aliphatic carbocycles. The lowest BCUT2D eigenvalue weighted by Gasteiger charge is -2.33. The van der Waals surface area contributed by atoms with Gasteiger partial charge in [-0.2, -0.15) is 0 Å². The number of amides is 3. The molecule has 0 radical (unpaired) electrons. The second kappa shape index (κ2) is 8.34. The first-order valence-electron chi connectivity index (χ1n) is 9.25. The van der Waals surface area contributed by atoms with E-state index in [2.05, 4.69) is 16.0 Å². The van der Waals surface area contributed by atoms with Gasteiger partial charge in [0.15, 0.2) is 0 Å². The highest BCUT2D eigenvalue weighted by atomic mass is 16.2.